The molecule has 0 amide bonds. The second-order valence-electron chi connectivity index (χ2n) is 6.43. The van der Waals surface area contributed by atoms with Crippen LogP contribution in [0.5, 0.6) is 11.5 Å². The summed E-state index contributed by atoms with van der Waals surface area (Å²) >= 11 is 5.65. The Morgan fingerprint density at radius 1 is 1.09 bits per heavy atom. The highest BCUT2D eigenvalue weighted by Gasteiger charge is 2.23. The maximum absolute atomic E-state index is 5.65. The Kier molecular flexibility index (Phi) is 5.26. The number of benzene rings is 1. The Labute approximate surface area is 144 Å². The predicted molar refractivity (Wildman–Crippen MR) is 96.3 cm³/mol. The molecule has 1 aliphatic carbocycles. The topological polar surface area (TPSA) is 33.7 Å². The molecule has 1 saturated carbocycles. The molecule has 0 spiro atoms. The van der Waals surface area contributed by atoms with Gasteiger partial charge in [-0.2, -0.15) is 0 Å². The van der Waals surface area contributed by atoms with E-state index in [9.17, 15) is 0 Å². The van der Waals surface area contributed by atoms with Gasteiger partial charge in [-0.15, -0.1) is 0 Å². The third-order valence-electron chi connectivity index (χ3n) is 4.94. The van der Waals surface area contributed by atoms with Gasteiger partial charge in [0.05, 0.1) is 14.2 Å². The third-order valence-corrected chi connectivity index (χ3v) is 5.31. The summed E-state index contributed by atoms with van der Waals surface area (Å²) in [6, 6.07) is 4.75. The van der Waals surface area contributed by atoms with Gasteiger partial charge in [0.15, 0.2) is 16.6 Å². The zero-order valence-corrected chi connectivity index (χ0v) is 14.9. The van der Waals surface area contributed by atoms with Gasteiger partial charge in [-0.05, 0) is 54.7 Å². The summed E-state index contributed by atoms with van der Waals surface area (Å²) < 4.78 is 10.8. The first-order valence-corrected chi connectivity index (χ1v) is 8.91. The van der Waals surface area contributed by atoms with Crippen molar-refractivity contribution >= 4 is 17.3 Å². The second kappa shape index (κ2) is 7.39. The molecule has 126 valence electrons. The predicted octanol–water partition coefficient (Wildman–Crippen LogP) is 3.27. The van der Waals surface area contributed by atoms with E-state index in [-0.39, 0.29) is 0 Å². The van der Waals surface area contributed by atoms with Crippen LogP contribution in [0.15, 0.2) is 12.1 Å². The van der Waals surface area contributed by atoms with Crippen molar-refractivity contribution < 1.29 is 9.47 Å². The van der Waals surface area contributed by atoms with Crippen LogP contribution in [0.3, 0.4) is 0 Å². The lowest BCUT2D eigenvalue weighted by Crippen LogP contribution is -2.47. The number of hydrogen-bond acceptors (Lipinski definition) is 3. The maximum atomic E-state index is 5.65. The lowest BCUT2D eigenvalue weighted by Gasteiger charge is -2.34. The fourth-order valence-corrected chi connectivity index (χ4v) is 3.89. The van der Waals surface area contributed by atoms with Gasteiger partial charge in [0, 0.05) is 19.1 Å². The number of hydrogen-bond donors (Lipinski definition) is 1. The van der Waals surface area contributed by atoms with E-state index in [2.05, 4.69) is 22.3 Å². The quantitative estimate of drug-likeness (QED) is 0.858. The molecule has 2 aliphatic rings. The first kappa shape index (κ1) is 16.4. The largest absolute Gasteiger partial charge is 0.493 e. The first-order chi connectivity index (χ1) is 11.2. The number of nitrogens with one attached hydrogen (secondary N) is 1. The molecule has 0 atom stereocenters. The lowest BCUT2D eigenvalue weighted by molar-refractivity contribution is 0.342. The molecule has 1 heterocycles. The molecule has 0 unspecified atom stereocenters. The SMILES string of the molecule is COc1cc2c(cc1OC)CN(C(=S)NC1CCCCC1)CC2. The summed E-state index contributed by atoms with van der Waals surface area (Å²) in [7, 11) is 3.36. The van der Waals surface area contributed by atoms with Gasteiger partial charge in [0.1, 0.15) is 0 Å². The fourth-order valence-electron chi connectivity index (χ4n) is 3.57. The smallest absolute Gasteiger partial charge is 0.169 e. The normalized spacial score (nSPS) is 18.3. The highest BCUT2D eigenvalue weighted by molar-refractivity contribution is 7.80. The van der Waals surface area contributed by atoms with E-state index >= 15 is 0 Å². The number of fused-ring (bicyclic) bond motifs is 1. The maximum Gasteiger partial charge on any atom is 0.169 e. The summed E-state index contributed by atoms with van der Waals surface area (Å²) in [5.74, 6) is 1.60. The van der Waals surface area contributed by atoms with E-state index in [1.54, 1.807) is 14.2 Å². The van der Waals surface area contributed by atoms with Gasteiger partial charge >= 0.3 is 0 Å². The van der Waals surface area contributed by atoms with Crippen molar-refractivity contribution in [2.75, 3.05) is 20.8 Å². The number of ether oxygens (including phenoxy) is 2. The molecule has 1 fully saturated rings. The lowest BCUT2D eigenvalue weighted by atomic mass is 9.95. The van der Waals surface area contributed by atoms with Crippen molar-refractivity contribution in [2.45, 2.75) is 51.1 Å². The van der Waals surface area contributed by atoms with Crippen LogP contribution in [0, 0.1) is 0 Å². The highest BCUT2D eigenvalue weighted by atomic mass is 32.1. The number of nitrogens with zero attached hydrogens (tertiary/aromatic N) is 1. The van der Waals surface area contributed by atoms with E-state index in [0.717, 1.165) is 36.1 Å². The Balaban J connectivity index is 1.68. The molecule has 0 aromatic heterocycles. The van der Waals surface area contributed by atoms with Crippen LogP contribution in [0.1, 0.15) is 43.2 Å². The molecule has 1 N–H and O–H groups in total. The fraction of sp³-hybridized carbons (Fsp3) is 0.611. The Morgan fingerprint density at radius 3 is 2.39 bits per heavy atom. The van der Waals surface area contributed by atoms with Gasteiger partial charge in [-0.1, -0.05) is 19.3 Å². The van der Waals surface area contributed by atoms with Crippen LogP contribution >= 0.6 is 12.2 Å². The average Bonchev–Trinajstić information content (AvgIpc) is 2.60. The summed E-state index contributed by atoms with van der Waals surface area (Å²) in [4.78, 5) is 2.28. The molecule has 1 aromatic carbocycles. The zero-order valence-electron chi connectivity index (χ0n) is 14.1. The molecule has 1 aromatic rings. The van der Waals surface area contributed by atoms with Crippen molar-refractivity contribution in [2.24, 2.45) is 0 Å². The summed E-state index contributed by atoms with van der Waals surface area (Å²) in [6.45, 7) is 1.80. The molecule has 0 saturated heterocycles. The van der Waals surface area contributed by atoms with Crippen LogP contribution in [0.25, 0.3) is 0 Å². The van der Waals surface area contributed by atoms with Crippen molar-refractivity contribution in [1.29, 1.82) is 0 Å². The highest BCUT2D eigenvalue weighted by Crippen LogP contribution is 2.33. The van der Waals surface area contributed by atoms with Crippen molar-refractivity contribution in [3.63, 3.8) is 0 Å². The molecule has 3 rings (SSSR count). The molecule has 5 heteroatoms. The van der Waals surface area contributed by atoms with Crippen molar-refractivity contribution in [3.05, 3.63) is 23.3 Å². The third kappa shape index (κ3) is 3.71. The summed E-state index contributed by atoms with van der Waals surface area (Å²) in [5.41, 5.74) is 2.61. The van der Waals surface area contributed by atoms with Crippen LogP contribution in [-0.2, 0) is 13.0 Å². The molecule has 0 bridgehead atoms. The van der Waals surface area contributed by atoms with Gasteiger partial charge in [0.2, 0.25) is 0 Å². The van der Waals surface area contributed by atoms with E-state index in [1.165, 1.54) is 43.2 Å². The van der Waals surface area contributed by atoms with E-state index in [4.69, 9.17) is 21.7 Å². The molecule has 1 aliphatic heterocycles. The first-order valence-electron chi connectivity index (χ1n) is 8.50. The summed E-state index contributed by atoms with van der Waals surface area (Å²) in [6.07, 6.45) is 7.48. The number of methoxy groups -OCH3 is 2. The molecular formula is C18H26N2O2S. The van der Waals surface area contributed by atoms with Crippen LogP contribution in [0.2, 0.25) is 0 Å². The van der Waals surface area contributed by atoms with Gasteiger partial charge < -0.3 is 19.7 Å². The van der Waals surface area contributed by atoms with Crippen molar-refractivity contribution in [3.8, 4) is 11.5 Å². The Hall–Kier alpha value is -1.49. The Morgan fingerprint density at radius 2 is 1.74 bits per heavy atom. The molecule has 4 nitrogen and oxygen atoms in total. The molecular weight excluding hydrogens is 308 g/mol. The van der Waals surface area contributed by atoms with E-state index in [1.807, 2.05) is 0 Å². The zero-order chi connectivity index (χ0) is 16.2. The average molecular weight is 334 g/mol. The minimum atomic E-state index is 0.558. The standard InChI is InChI=1S/C18H26N2O2S/c1-21-16-10-13-8-9-20(12-14(13)11-17(16)22-2)18(23)19-15-6-4-3-5-7-15/h10-11,15H,3-9,12H2,1-2H3,(H,19,23). The van der Waals surface area contributed by atoms with E-state index < -0.39 is 0 Å². The monoisotopic (exact) mass is 334 g/mol. The van der Waals surface area contributed by atoms with Crippen LogP contribution in [0.4, 0.5) is 0 Å². The van der Waals surface area contributed by atoms with Gasteiger partial charge in [-0.25, -0.2) is 0 Å². The molecule has 23 heavy (non-hydrogen) atoms. The van der Waals surface area contributed by atoms with Gasteiger partial charge in [0.25, 0.3) is 0 Å². The van der Waals surface area contributed by atoms with Crippen LogP contribution in [-0.4, -0.2) is 36.8 Å². The molecule has 0 radical (unpaired) electrons. The van der Waals surface area contributed by atoms with Crippen molar-refractivity contribution in [1.82, 2.24) is 10.2 Å². The van der Waals surface area contributed by atoms with Crippen LogP contribution < -0.4 is 14.8 Å². The van der Waals surface area contributed by atoms with E-state index in [0.29, 0.717) is 6.04 Å². The summed E-state index contributed by atoms with van der Waals surface area (Å²) in [5, 5.41) is 4.47. The minimum Gasteiger partial charge on any atom is -0.493 e. The minimum absolute atomic E-state index is 0.558. The number of thiocarbonyl (C=S) groups is 1. The second-order valence-corrected chi connectivity index (χ2v) is 6.82. The number of rotatable bonds is 3. The Bertz CT molecular complexity index is 570. The van der Waals surface area contributed by atoms with Gasteiger partial charge in [-0.3, -0.25) is 0 Å².